The Morgan fingerprint density at radius 2 is 1.65 bits per heavy atom. The highest BCUT2D eigenvalue weighted by atomic mass is 32.1. The molecule has 0 spiro atoms. The van der Waals surface area contributed by atoms with Crippen molar-refractivity contribution in [2.24, 2.45) is 0 Å². The van der Waals surface area contributed by atoms with Crippen molar-refractivity contribution >= 4 is 28.7 Å². The number of likely N-dealkylation sites (N-methyl/N-ethyl adjacent to an activating group) is 1. The van der Waals surface area contributed by atoms with Crippen molar-refractivity contribution in [3.8, 4) is 11.5 Å². The van der Waals surface area contributed by atoms with Crippen molar-refractivity contribution in [3.63, 3.8) is 0 Å². The Morgan fingerprint density at radius 3 is 2.23 bits per heavy atom. The number of nitrogens with zero attached hydrogens (tertiary/aromatic N) is 1. The molecule has 0 heterocycles. The Bertz CT molecular complexity index is 687. The van der Waals surface area contributed by atoms with E-state index in [2.05, 4.69) is 15.5 Å². The summed E-state index contributed by atoms with van der Waals surface area (Å²) in [6.45, 7) is 5.58. The maximum atomic E-state index is 5.63. The lowest BCUT2D eigenvalue weighted by atomic mass is 10.3. The molecule has 0 aliphatic carbocycles. The third kappa shape index (κ3) is 6.44. The molecule has 26 heavy (non-hydrogen) atoms. The Kier molecular flexibility index (Phi) is 7.53. The molecule has 0 aliphatic rings. The molecule has 0 aromatic heterocycles. The molecule has 0 saturated carbocycles. The summed E-state index contributed by atoms with van der Waals surface area (Å²) < 4.78 is 10.8. The van der Waals surface area contributed by atoms with Gasteiger partial charge in [-0.2, -0.15) is 0 Å². The minimum absolute atomic E-state index is 0.166. The molecule has 0 amide bonds. The number of hydrogen-bond acceptors (Lipinski definition) is 4. The van der Waals surface area contributed by atoms with E-state index in [1.165, 1.54) is 0 Å². The van der Waals surface area contributed by atoms with Crippen LogP contribution in [0.1, 0.15) is 13.8 Å². The predicted molar refractivity (Wildman–Crippen MR) is 113 cm³/mol. The van der Waals surface area contributed by atoms with Crippen LogP contribution in [-0.4, -0.2) is 38.5 Å². The van der Waals surface area contributed by atoms with Gasteiger partial charge in [-0.3, -0.25) is 0 Å². The molecule has 0 unspecified atom stereocenters. The molecule has 0 aliphatic heterocycles. The van der Waals surface area contributed by atoms with E-state index in [1.54, 1.807) is 7.11 Å². The molecule has 6 heteroatoms. The van der Waals surface area contributed by atoms with Gasteiger partial charge in [0.1, 0.15) is 11.5 Å². The lowest BCUT2D eigenvalue weighted by Gasteiger charge is -2.20. The molecule has 140 valence electrons. The molecule has 2 rings (SSSR count). The summed E-state index contributed by atoms with van der Waals surface area (Å²) in [5, 5.41) is 7.01. The second-order valence-electron chi connectivity index (χ2n) is 6.19. The normalized spacial score (nSPS) is 10.3. The number of anilines is 2. The maximum absolute atomic E-state index is 5.63. The van der Waals surface area contributed by atoms with Gasteiger partial charge in [0, 0.05) is 31.5 Å². The number of thiocarbonyl (C=S) groups is 1. The summed E-state index contributed by atoms with van der Waals surface area (Å²) in [7, 11) is 3.72. The molecule has 2 aromatic carbocycles. The highest BCUT2D eigenvalue weighted by Gasteiger charge is 2.03. The summed E-state index contributed by atoms with van der Waals surface area (Å²) in [6.07, 6.45) is 0.166. The average Bonchev–Trinajstić information content (AvgIpc) is 2.63. The van der Waals surface area contributed by atoms with Crippen LogP contribution in [0.15, 0.2) is 48.5 Å². The van der Waals surface area contributed by atoms with E-state index >= 15 is 0 Å². The molecule has 0 radical (unpaired) electrons. The van der Waals surface area contributed by atoms with Crippen LogP contribution in [0, 0.1) is 0 Å². The average molecular weight is 374 g/mol. The lowest BCUT2D eigenvalue weighted by Crippen LogP contribution is -2.35. The van der Waals surface area contributed by atoms with Gasteiger partial charge in [-0.05, 0) is 74.6 Å². The third-order valence-electron chi connectivity index (χ3n) is 3.73. The molecule has 5 nitrogen and oxygen atoms in total. The van der Waals surface area contributed by atoms with Gasteiger partial charge in [0.05, 0.1) is 13.2 Å². The molecule has 0 bridgehead atoms. The molecular formula is C20H27N3O2S. The van der Waals surface area contributed by atoms with Crippen molar-refractivity contribution in [1.82, 2.24) is 5.32 Å². The van der Waals surface area contributed by atoms with Crippen LogP contribution in [0.5, 0.6) is 11.5 Å². The highest BCUT2D eigenvalue weighted by Crippen LogP contribution is 2.18. The van der Waals surface area contributed by atoms with E-state index in [9.17, 15) is 0 Å². The fourth-order valence-corrected chi connectivity index (χ4v) is 2.59. The van der Waals surface area contributed by atoms with Crippen molar-refractivity contribution in [3.05, 3.63) is 48.5 Å². The van der Waals surface area contributed by atoms with Crippen LogP contribution >= 0.6 is 12.2 Å². The lowest BCUT2D eigenvalue weighted by molar-refractivity contribution is 0.242. The first-order valence-corrected chi connectivity index (χ1v) is 9.05. The first-order chi connectivity index (χ1) is 12.5. The molecule has 2 aromatic rings. The quantitative estimate of drug-likeness (QED) is 0.684. The zero-order valence-corrected chi connectivity index (χ0v) is 16.6. The Hall–Kier alpha value is -2.47. The van der Waals surface area contributed by atoms with Crippen molar-refractivity contribution in [1.29, 1.82) is 0 Å². The van der Waals surface area contributed by atoms with Crippen LogP contribution < -0.4 is 25.0 Å². The fourth-order valence-electron chi connectivity index (χ4n) is 2.37. The second-order valence-corrected chi connectivity index (χ2v) is 6.60. The van der Waals surface area contributed by atoms with Crippen molar-refractivity contribution in [2.75, 3.05) is 37.5 Å². The third-order valence-corrected chi connectivity index (χ3v) is 3.98. The van der Waals surface area contributed by atoms with Crippen LogP contribution in [-0.2, 0) is 0 Å². The summed E-state index contributed by atoms with van der Waals surface area (Å²) >= 11 is 5.35. The van der Waals surface area contributed by atoms with Crippen molar-refractivity contribution < 1.29 is 9.47 Å². The van der Waals surface area contributed by atoms with Gasteiger partial charge >= 0.3 is 0 Å². The first-order valence-electron chi connectivity index (χ1n) is 8.64. The molecular weight excluding hydrogens is 346 g/mol. The van der Waals surface area contributed by atoms with E-state index in [0.29, 0.717) is 5.11 Å². The van der Waals surface area contributed by atoms with E-state index in [1.807, 2.05) is 69.4 Å². The Morgan fingerprint density at radius 1 is 1.04 bits per heavy atom. The number of hydrogen-bond donors (Lipinski definition) is 2. The van der Waals surface area contributed by atoms with Gasteiger partial charge in [0.2, 0.25) is 0 Å². The SMILES string of the molecule is COc1ccc(N(C)CCNC(=S)Nc2ccc(OC(C)C)cc2)cc1. The van der Waals surface area contributed by atoms with E-state index < -0.39 is 0 Å². The first kappa shape index (κ1) is 19.8. The molecule has 2 N–H and O–H groups in total. The van der Waals surface area contributed by atoms with Crippen LogP contribution in [0.4, 0.5) is 11.4 Å². The smallest absolute Gasteiger partial charge is 0.170 e. The number of methoxy groups -OCH3 is 1. The fraction of sp³-hybridized carbons (Fsp3) is 0.350. The number of nitrogens with one attached hydrogen (secondary N) is 2. The Balaban J connectivity index is 1.74. The van der Waals surface area contributed by atoms with Crippen LogP contribution in [0.2, 0.25) is 0 Å². The zero-order valence-electron chi connectivity index (χ0n) is 15.8. The zero-order chi connectivity index (χ0) is 18.9. The van der Waals surface area contributed by atoms with E-state index in [4.69, 9.17) is 21.7 Å². The largest absolute Gasteiger partial charge is 0.497 e. The predicted octanol–water partition coefficient (Wildman–Crippen LogP) is 3.91. The van der Waals surface area contributed by atoms with Crippen LogP contribution in [0.25, 0.3) is 0 Å². The van der Waals surface area contributed by atoms with Gasteiger partial charge in [-0.1, -0.05) is 0 Å². The topological polar surface area (TPSA) is 45.8 Å². The second kappa shape index (κ2) is 9.87. The van der Waals surface area contributed by atoms with E-state index in [-0.39, 0.29) is 6.10 Å². The molecule has 0 fully saturated rings. The summed E-state index contributed by atoms with van der Waals surface area (Å²) in [5.74, 6) is 1.71. The van der Waals surface area contributed by atoms with Gasteiger partial charge in [-0.15, -0.1) is 0 Å². The minimum Gasteiger partial charge on any atom is -0.497 e. The molecule has 0 atom stereocenters. The summed E-state index contributed by atoms with van der Waals surface area (Å²) in [5.41, 5.74) is 2.06. The maximum Gasteiger partial charge on any atom is 0.170 e. The van der Waals surface area contributed by atoms with Gasteiger partial charge in [0.15, 0.2) is 5.11 Å². The number of ether oxygens (including phenoxy) is 2. The summed E-state index contributed by atoms with van der Waals surface area (Å²) in [6, 6.07) is 15.8. The van der Waals surface area contributed by atoms with Crippen LogP contribution in [0.3, 0.4) is 0 Å². The molecule has 0 saturated heterocycles. The van der Waals surface area contributed by atoms with E-state index in [0.717, 1.165) is 36.0 Å². The van der Waals surface area contributed by atoms with Gasteiger partial charge in [-0.25, -0.2) is 0 Å². The Labute approximate surface area is 161 Å². The standard InChI is InChI=1S/C20H27N3O2S/c1-15(2)25-19-9-5-16(6-10-19)22-20(26)21-13-14-23(3)17-7-11-18(24-4)12-8-17/h5-12,15H,13-14H2,1-4H3,(H2,21,22,26). The minimum atomic E-state index is 0.166. The number of benzene rings is 2. The van der Waals surface area contributed by atoms with Crippen molar-refractivity contribution in [2.45, 2.75) is 20.0 Å². The van der Waals surface area contributed by atoms with Gasteiger partial charge in [0.25, 0.3) is 0 Å². The summed E-state index contributed by atoms with van der Waals surface area (Å²) in [4.78, 5) is 2.16. The van der Waals surface area contributed by atoms with Gasteiger partial charge < -0.3 is 25.0 Å². The highest BCUT2D eigenvalue weighted by molar-refractivity contribution is 7.80. The monoisotopic (exact) mass is 373 g/mol. The number of rotatable bonds is 8.